The second-order valence-corrected chi connectivity index (χ2v) is 3.41. The molecule has 1 N–H and O–H groups in total. The summed E-state index contributed by atoms with van der Waals surface area (Å²) in [6, 6.07) is 0.442. The van der Waals surface area contributed by atoms with Crippen LogP contribution in [0.4, 0.5) is 0 Å². The first-order valence-electron chi connectivity index (χ1n) is 5.13. The van der Waals surface area contributed by atoms with Crippen LogP contribution in [-0.4, -0.2) is 26.3 Å². The van der Waals surface area contributed by atoms with Crippen LogP contribution in [0, 0.1) is 0 Å². The lowest BCUT2D eigenvalue weighted by molar-refractivity contribution is 0.166. The van der Waals surface area contributed by atoms with E-state index in [0.717, 1.165) is 26.0 Å². The molecule has 78 valence electrons. The van der Waals surface area contributed by atoms with Gasteiger partial charge in [-0.15, -0.1) is 0 Å². The lowest BCUT2D eigenvalue weighted by Gasteiger charge is -2.18. The van der Waals surface area contributed by atoms with E-state index in [2.05, 4.69) is 25.7 Å². The zero-order valence-corrected chi connectivity index (χ0v) is 9.23. The van der Waals surface area contributed by atoms with Gasteiger partial charge in [0.15, 0.2) is 0 Å². The Balaban J connectivity index is 3.71. The third-order valence-corrected chi connectivity index (χ3v) is 2.09. The van der Waals surface area contributed by atoms with E-state index in [1.54, 1.807) is 7.11 Å². The average molecular weight is 185 g/mol. The van der Waals surface area contributed by atoms with Crippen molar-refractivity contribution in [3.05, 3.63) is 12.2 Å². The molecule has 0 amide bonds. The zero-order valence-electron chi connectivity index (χ0n) is 9.23. The second kappa shape index (κ2) is 8.27. The lowest BCUT2D eigenvalue weighted by atomic mass is 10.1. The summed E-state index contributed by atoms with van der Waals surface area (Å²) in [5.41, 5.74) is 1.30. The number of hydrogen-bond acceptors (Lipinski definition) is 2. The molecule has 0 aliphatic carbocycles. The van der Waals surface area contributed by atoms with E-state index >= 15 is 0 Å². The molecular formula is C11H23NO. The molecule has 0 radical (unpaired) electrons. The van der Waals surface area contributed by atoms with Crippen molar-refractivity contribution in [2.45, 2.75) is 39.2 Å². The Bertz CT molecular complexity index is 134. The minimum atomic E-state index is 0.442. The number of rotatable bonds is 8. The van der Waals surface area contributed by atoms with E-state index in [0.29, 0.717) is 6.04 Å². The third kappa shape index (κ3) is 6.79. The predicted octanol–water partition coefficient (Wildman–Crippen LogP) is 2.36. The van der Waals surface area contributed by atoms with E-state index in [1.807, 2.05) is 0 Å². The summed E-state index contributed by atoms with van der Waals surface area (Å²) in [4.78, 5) is 0. The highest BCUT2D eigenvalue weighted by Gasteiger charge is 2.07. The van der Waals surface area contributed by atoms with E-state index in [9.17, 15) is 0 Å². The van der Waals surface area contributed by atoms with Crippen LogP contribution in [0.3, 0.4) is 0 Å². The number of nitrogens with one attached hydrogen (secondary N) is 1. The molecule has 0 saturated carbocycles. The molecule has 1 unspecified atom stereocenters. The number of hydrogen-bond donors (Lipinski definition) is 1. The van der Waals surface area contributed by atoms with E-state index in [1.165, 1.54) is 12.0 Å². The number of ether oxygens (including phenoxy) is 1. The quantitative estimate of drug-likeness (QED) is 0.586. The fourth-order valence-corrected chi connectivity index (χ4v) is 1.23. The topological polar surface area (TPSA) is 21.3 Å². The van der Waals surface area contributed by atoms with Gasteiger partial charge in [-0.2, -0.15) is 0 Å². The molecule has 0 bridgehead atoms. The maximum atomic E-state index is 5.14. The molecule has 0 aromatic carbocycles. The highest BCUT2D eigenvalue weighted by molar-refractivity contribution is 4.96. The summed E-state index contributed by atoms with van der Waals surface area (Å²) in [5.74, 6) is 0. The fourth-order valence-electron chi connectivity index (χ4n) is 1.23. The largest absolute Gasteiger partial charge is 0.383 e. The Morgan fingerprint density at radius 2 is 2.15 bits per heavy atom. The Hall–Kier alpha value is -0.340. The van der Waals surface area contributed by atoms with E-state index < -0.39 is 0 Å². The zero-order chi connectivity index (χ0) is 10.1. The maximum Gasteiger partial charge on any atom is 0.0618 e. The first-order chi connectivity index (χ1) is 6.24. The van der Waals surface area contributed by atoms with Gasteiger partial charge in [-0.1, -0.05) is 26.0 Å². The van der Waals surface area contributed by atoms with Crippen molar-refractivity contribution in [1.29, 1.82) is 0 Å². The highest BCUT2D eigenvalue weighted by Crippen LogP contribution is 2.07. The Labute approximate surface area is 82.4 Å². The highest BCUT2D eigenvalue weighted by atomic mass is 16.5. The molecule has 0 fully saturated rings. The van der Waals surface area contributed by atoms with Crippen LogP contribution in [-0.2, 0) is 4.74 Å². The van der Waals surface area contributed by atoms with Crippen LogP contribution in [0.2, 0.25) is 0 Å². The smallest absolute Gasteiger partial charge is 0.0618 e. The van der Waals surface area contributed by atoms with Gasteiger partial charge in [0.2, 0.25) is 0 Å². The molecule has 0 rings (SSSR count). The Kier molecular flexibility index (Phi) is 8.05. The Morgan fingerprint density at radius 1 is 1.46 bits per heavy atom. The van der Waals surface area contributed by atoms with Crippen molar-refractivity contribution in [2.24, 2.45) is 0 Å². The molecule has 0 saturated heterocycles. The minimum absolute atomic E-state index is 0.442. The summed E-state index contributed by atoms with van der Waals surface area (Å²) in [6.45, 7) is 10.2. The fraction of sp³-hybridized carbons (Fsp3) is 0.818. The maximum absolute atomic E-state index is 5.14. The molecule has 2 heteroatoms. The van der Waals surface area contributed by atoms with Gasteiger partial charge in [0.05, 0.1) is 6.61 Å². The molecular weight excluding hydrogens is 162 g/mol. The summed E-state index contributed by atoms with van der Waals surface area (Å²) in [7, 11) is 1.75. The molecule has 0 aromatic heterocycles. The first kappa shape index (κ1) is 12.7. The van der Waals surface area contributed by atoms with Gasteiger partial charge in [-0.25, -0.2) is 0 Å². The molecule has 0 heterocycles. The Morgan fingerprint density at radius 3 is 2.62 bits per heavy atom. The normalized spacial score (nSPS) is 12.8. The predicted molar refractivity (Wildman–Crippen MR) is 58.0 cm³/mol. The van der Waals surface area contributed by atoms with Crippen molar-refractivity contribution >= 4 is 0 Å². The monoisotopic (exact) mass is 185 g/mol. The molecule has 0 spiro atoms. The van der Waals surface area contributed by atoms with Crippen molar-refractivity contribution in [2.75, 3.05) is 20.3 Å². The molecule has 0 aliphatic heterocycles. The lowest BCUT2D eigenvalue weighted by Crippen LogP contribution is -2.34. The average Bonchev–Trinajstić information content (AvgIpc) is 2.14. The first-order valence-corrected chi connectivity index (χ1v) is 5.13. The van der Waals surface area contributed by atoms with Crippen molar-refractivity contribution in [3.63, 3.8) is 0 Å². The van der Waals surface area contributed by atoms with Crippen LogP contribution in [0.1, 0.15) is 33.1 Å². The van der Waals surface area contributed by atoms with Gasteiger partial charge in [-0.3, -0.25) is 0 Å². The SMILES string of the molecule is C=C(CC)CC(COC)NCCC. The van der Waals surface area contributed by atoms with Crippen LogP contribution in [0.25, 0.3) is 0 Å². The summed E-state index contributed by atoms with van der Waals surface area (Å²) < 4.78 is 5.14. The van der Waals surface area contributed by atoms with Crippen LogP contribution in [0.5, 0.6) is 0 Å². The minimum Gasteiger partial charge on any atom is -0.383 e. The summed E-state index contributed by atoms with van der Waals surface area (Å²) in [5, 5.41) is 3.45. The number of methoxy groups -OCH3 is 1. The standard InChI is InChI=1S/C11H23NO/c1-5-7-12-11(9-13-4)8-10(3)6-2/h11-12H,3,5-9H2,1-2,4H3. The van der Waals surface area contributed by atoms with E-state index in [4.69, 9.17) is 4.74 Å². The van der Waals surface area contributed by atoms with Gasteiger partial charge >= 0.3 is 0 Å². The van der Waals surface area contributed by atoms with Crippen LogP contribution < -0.4 is 5.32 Å². The molecule has 0 aliphatic rings. The molecule has 13 heavy (non-hydrogen) atoms. The van der Waals surface area contributed by atoms with Gasteiger partial charge in [0.25, 0.3) is 0 Å². The third-order valence-electron chi connectivity index (χ3n) is 2.09. The van der Waals surface area contributed by atoms with Crippen molar-refractivity contribution < 1.29 is 4.74 Å². The van der Waals surface area contributed by atoms with E-state index in [-0.39, 0.29) is 0 Å². The van der Waals surface area contributed by atoms with Crippen molar-refractivity contribution in [3.8, 4) is 0 Å². The molecule has 2 nitrogen and oxygen atoms in total. The molecule has 0 aromatic rings. The van der Waals surface area contributed by atoms with Crippen LogP contribution in [0.15, 0.2) is 12.2 Å². The van der Waals surface area contributed by atoms with Gasteiger partial charge < -0.3 is 10.1 Å². The van der Waals surface area contributed by atoms with Gasteiger partial charge in [0, 0.05) is 13.2 Å². The summed E-state index contributed by atoms with van der Waals surface area (Å²) >= 11 is 0. The van der Waals surface area contributed by atoms with Crippen LogP contribution >= 0.6 is 0 Å². The van der Waals surface area contributed by atoms with Gasteiger partial charge in [0.1, 0.15) is 0 Å². The van der Waals surface area contributed by atoms with Gasteiger partial charge in [-0.05, 0) is 25.8 Å². The van der Waals surface area contributed by atoms with Crippen molar-refractivity contribution in [1.82, 2.24) is 5.32 Å². The second-order valence-electron chi connectivity index (χ2n) is 3.41. The molecule has 1 atom stereocenters. The summed E-state index contributed by atoms with van der Waals surface area (Å²) in [6.07, 6.45) is 3.26.